The van der Waals surface area contributed by atoms with E-state index in [4.69, 9.17) is 4.74 Å². The molecule has 0 saturated heterocycles. The smallest absolute Gasteiger partial charge is 0.248 e. The van der Waals surface area contributed by atoms with Crippen molar-refractivity contribution in [2.24, 2.45) is 10.5 Å². The summed E-state index contributed by atoms with van der Waals surface area (Å²) in [5.41, 5.74) is 5.12. The van der Waals surface area contributed by atoms with Crippen LogP contribution in [0.15, 0.2) is 53.6 Å². The molecule has 3 rings (SSSR count). The minimum absolute atomic E-state index is 0.118. The molecule has 2 aromatic rings. The molecule has 2 aromatic carbocycles. The second-order valence-electron chi connectivity index (χ2n) is 7.51. The molecule has 30 heavy (non-hydrogen) atoms. The zero-order valence-corrected chi connectivity index (χ0v) is 20.1. The molecular formula is C22H23Br2N3O3. The first kappa shape index (κ1) is 22.5. The van der Waals surface area contributed by atoms with Crippen molar-refractivity contribution >= 4 is 55.1 Å². The Hall–Kier alpha value is -2.19. The number of carbonyl (C=O) groups excluding carboxylic acids is 2. The number of methoxy groups -OCH3 is 1. The summed E-state index contributed by atoms with van der Waals surface area (Å²) in [6, 6.07) is 14.7. The van der Waals surface area contributed by atoms with Crippen molar-refractivity contribution < 1.29 is 14.3 Å². The Labute approximate surface area is 192 Å². The SMILES string of the molecule is COc1ccc(CC(=O)Nc2cccc(/C(C)=N\NC(=O)C3(C)CC3(Br)Br)c2)cc1. The first-order valence-electron chi connectivity index (χ1n) is 9.40. The minimum atomic E-state index is -0.534. The molecule has 1 aliphatic rings. The predicted molar refractivity (Wildman–Crippen MR) is 125 cm³/mol. The van der Waals surface area contributed by atoms with Gasteiger partial charge in [0.2, 0.25) is 11.8 Å². The fourth-order valence-corrected chi connectivity index (χ4v) is 4.41. The molecule has 1 unspecified atom stereocenters. The van der Waals surface area contributed by atoms with Gasteiger partial charge in [0.05, 0.1) is 27.9 Å². The zero-order chi connectivity index (χ0) is 21.9. The number of nitrogens with one attached hydrogen (secondary N) is 2. The van der Waals surface area contributed by atoms with Gasteiger partial charge < -0.3 is 10.1 Å². The minimum Gasteiger partial charge on any atom is -0.497 e. The van der Waals surface area contributed by atoms with Gasteiger partial charge in [-0.25, -0.2) is 5.43 Å². The third kappa shape index (κ3) is 5.10. The van der Waals surface area contributed by atoms with Gasteiger partial charge in [-0.1, -0.05) is 56.1 Å². The van der Waals surface area contributed by atoms with Gasteiger partial charge in [-0.3, -0.25) is 9.59 Å². The lowest BCUT2D eigenvalue weighted by Crippen LogP contribution is -2.30. The molecule has 1 saturated carbocycles. The van der Waals surface area contributed by atoms with E-state index in [0.29, 0.717) is 17.8 Å². The number of carbonyl (C=O) groups is 2. The van der Waals surface area contributed by atoms with E-state index in [0.717, 1.165) is 16.9 Å². The molecule has 1 atom stereocenters. The van der Waals surface area contributed by atoms with Crippen molar-refractivity contribution in [2.45, 2.75) is 29.9 Å². The molecule has 2 amide bonds. The largest absolute Gasteiger partial charge is 0.497 e. The fourth-order valence-electron chi connectivity index (χ4n) is 2.92. The van der Waals surface area contributed by atoms with Gasteiger partial charge in [0.15, 0.2) is 0 Å². The van der Waals surface area contributed by atoms with E-state index < -0.39 is 5.41 Å². The summed E-state index contributed by atoms with van der Waals surface area (Å²) in [5.74, 6) is 0.481. The summed E-state index contributed by atoms with van der Waals surface area (Å²) in [5, 5.41) is 7.12. The van der Waals surface area contributed by atoms with Crippen molar-refractivity contribution in [1.29, 1.82) is 0 Å². The fraction of sp³-hybridized carbons (Fsp3) is 0.318. The number of alkyl halides is 2. The van der Waals surface area contributed by atoms with Crippen molar-refractivity contribution in [3.05, 3.63) is 59.7 Å². The normalized spacial score (nSPS) is 19.7. The van der Waals surface area contributed by atoms with Gasteiger partial charge in [-0.2, -0.15) is 5.10 Å². The molecule has 0 aromatic heterocycles. The van der Waals surface area contributed by atoms with Crippen LogP contribution < -0.4 is 15.5 Å². The molecule has 0 spiro atoms. The number of nitrogens with zero attached hydrogens (tertiary/aromatic N) is 1. The number of hydrogen-bond acceptors (Lipinski definition) is 4. The number of amides is 2. The summed E-state index contributed by atoms with van der Waals surface area (Å²) < 4.78 is 4.76. The first-order chi connectivity index (χ1) is 14.1. The maximum Gasteiger partial charge on any atom is 0.248 e. The van der Waals surface area contributed by atoms with Crippen LogP contribution >= 0.6 is 31.9 Å². The van der Waals surface area contributed by atoms with Crippen molar-refractivity contribution in [3.8, 4) is 5.75 Å². The Bertz CT molecular complexity index is 989. The quantitative estimate of drug-likeness (QED) is 0.308. The van der Waals surface area contributed by atoms with Crippen LogP contribution in [-0.4, -0.2) is 27.9 Å². The average Bonchev–Trinajstić information content (AvgIpc) is 3.25. The molecule has 0 radical (unpaired) electrons. The van der Waals surface area contributed by atoms with Crippen LogP contribution in [0.4, 0.5) is 5.69 Å². The molecule has 2 N–H and O–H groups in total. The highest BCUT2D eigenvalue weighted by molar-refractivity contribution is 9.25. The lowest BCUT2D eigenvalue weighted by atomic mass is 10.1. The number of rotatable bonds is 7. The Morgan fingerprint density at radius 1 is 1.17 bits per heavy atom. The van der Waals surface area contributed by atoms with Gasteiger partial charge in [0, 0.05) is 5.69 Å². The Kier molecular flexibility index (Phi) is 6.67. The molecule has 158 valence electrons. The highest BCUT2D eigenvalue weighted by atomic mass is 79.9. The lowest BCUT2D eigenvalue weighted by Gasteiger charge is -2.11. The van der Waals surface area contributed by atoms with Crippen LogP contribution in [0.25, 0.3) is 0 Å². The summed E-state index contributed by atoms with van der Waals surface area (Å²) in [4.78, 5) is 24.7. The highest BCUT2D eigenvalue weighted by Gasteiger charge is 2.66. The number of ether oxygens (including phenoxy) is 1. The molecule has 0 aliphatic heterocycles. The van der Waals surface area contributed by atoms with Crippen LogP contribution in [0.3, 0.4) is 0 Å². The zero-order valence-electron chi connectivity index (χ0n) is 17.0. The van der Waals surface area contributed by atoms with E-state index in [9.17, 15) is 9.59 Å². The third-order valence-electron chi connectivity index (χ3n) is 5.17. The molecule has 6 nitrogen and oxygen atoms in total. The maximum absolute atomic E-state index is 12.4. The van der Waals surface area contributed by atoms with Crippen molar-refractivity contribution in [2.75, 3.05) is 12.4 Å². The second-order valence-corrected chi connectivity index (χ2v) is 11.3. The topological polar surface area (TPSA) is 79.8 Å². The van der Waals surface area contributed by atoms with Crippen LogP contribution in [-0.2, 0) is 16.0 Å². The van der Waals surface area contributed by atoms with Gasteiger partial charge in [-0.15, -0.1) is 0 Å². The number of hydrogen-bond donors (Lipinski definition) is 2. The summed E-state index contributed by atoms with van der Waals surface area (Å²) in [6.45, 7) is 3.68. The monoisotopic (exact) mass is 535 g/mol. The van der Waals surface area contributed by atoms with Crippen molar-refractivity contribution in [3.63, 3.8) is 0 Å². The number of halogens is 2. The maximum atomic E-state index is 12.4. The van der Waals surface area contributed by atoms with E-state index in [1.165, 1.54) is 0 Å². The van der Waals surface area contributed by atoms with Crippen LogP contribution in [0.1, 0.15) is 31.4 Å². The average molecular weight is 537 g/mol. The summed E-state index contributed by atoms with van der Waals surface area (Å²) in [6.07, 6.45) is 0.951. The Balaban J connectivity index is 1.60. The van der Waals surface area contributed by atoms with Crippen LogP contribution in [0.2, 0.25) is 0 Å². The molecule has 1 fully saturated rings. The van der Waals surface area contributed by atoms with E-state index in [2.05, 4.69) is 47.7 Å². The van der Waals surface area contributed by atoms with Crippen molar-refractivity contribution in [1.82, 2.24) is 5.43 Å². The standard InChI is InChI=1S/C22H23Br2N3O3/c1-14(26-27-20(29)21(2)13-22(21,23)24)16-5-4-6-17(12-16)25-19(28)11-15-7-9-18(30-3)10-8-15/h4-10,12H,11,13H2,1-3H3,(H,25,28)(H,27,29)/b26-14-. The van der Waals surface area contributed by atoms with Crippen LogP contribution in [0.5, 0.6) is 5.75 Å². The van der Waals surface area contributed by atoms with Gasteiger partial charge in [-0.05, 0) is 55.7 Å². The van der Waals surface area contributed by atoms with E-state index in [1.54, 1.807) is 7.11 Å². The van der Waals surface area contributed by atoms with Gasteiger partial charge in [0.25, 0.3) is 0 Å². The van der Waals surface area contributed by atoms with E-state index in [1.807, 2.05) is 62.4 Å². The Morgan fingerprint density at radius 2 is 1.83 bits per heavy atom. The number of benzene rings is 2. The molecule has 0 bridgehead atoms. The van der Waals surface area contributed by atoms with Crippen LogP contribution in [0, 0.1) is 5.41 Å². The Morgan fingerprint density at radius 3 is 2.43 bits per heavy atom. The first-order valence-corrected chi connectivity index (χ1v) is 11.0. The van der Waals surface area contributed by atoms with E-state index >= 15 is 0 Å². The summed E-state index contributed by atoms with van der Waals surface area (Å²) in [7, 11) is 1.61. The highest BCUT2D eigenvalue weighted by Crippen LogP contribution is 2.66. The number of anilines is 1. The molecule has 1 aliphatic carbocycles. The number of hydrazone groups is 1. The molecule has 0 heterocycles. The van der Waals surface area contributed by atoms with Gasteiger partial charge >= 0.3 is 0 Å². The summed E-state index contributed by atoms with van der Waals surface area (Å²) >= 11 is 6.97. The van der Waals surface area contributed by atoms with E-state index in [-0.39, 0.29) is 21.5 Å². The molecule has 8 heteroatoms. The van der Waals surface area contributed by atoms with Gasteiger partial charge in [0.1, 0.15) is 5.75 Å². The predicted octanol–water partition coefficient (Wildman–Crippen LogP) is 4.61. The third-order valence-corrected chi connectivity index (χ3v) is 7.48. The second kappa shape index (κ2) is 8.89. The molecular weight excluding hydrogens is 514 g/mol. The lowest BCUT2D eigenvalue weighted by molar-refractivity contribution is -0.125.